The number of carbonyl (C=O) groups excluding carboxylic acids is 1. The molecule has 7 atom stereocenters. The Hall–Kier alpha value is -1.33. The van der Waals surface area contributed by atoms with E-state index in [4.69, 9.17) is 9.47 Å². The SMILES string of the molecule is CCCCCCCCCC/C=C/CC/C=C/C(O)C(COC1OC(CO)C(O)C(O)C1O)NC(=O)CCCCCCCCCCCCCCCCCCCCCCCCCCCCCC. The van der Waals surface area contributed by atoms with E-state index >= 15 is 0 Å². The lowest BCUT2D eigenvalue weighted by atomic mass is 9.99. The van der Waals surface area contributed by atoms with E-state index in [2.05, 4.69) is 31.3 Å². The third-order valence-corrected chi connectivity index (χ3v) is 13.5. The lowest BCUT2D eigenvalue weighted by Crippen LogP contribution is -2.60. The van der Waals surface area contributed by atoms with Gasteiger partial charge in [-0.15, -0.1) is 0 Å². The summed E-state index contributed by atoms with van der Waals surface area (Å²) in [6, 6.07) is -0.817. The monoisotopic (exact) mass is 922 g/mol. The lowest BCUT2D eigenvalue weighted by molar-refractivity contribution is -0.302. The smallest absolute Gasteiger partial charge is 0.220 e. The molecule has 9 nitrogen and oxygen atoms in total. The topological polar surface area (TPSA) is 149 Å². The minimum absolute atomic E-state index is 0.182. The second-order valence-electron chi connectivity index (χ2n) is 19.7. The van der Waals surface area contributed by atoms with E-state index in [9.17, 15) is 30.3 Å². The number of aliphatic hydroxyl groups is 5. The minimum atomic E-state index is -1.57. The van der Waals surface area contributed by atoms with Crippen LogP contribution in [0.25, 0.3) is 0 Å². The zero-order valence-corrected chi connectivity index (χ0v) is 42.5. The van der Waals surface area contributed by atoms with E-state index in [0.717, 1.165) is 38.5 Å². The highest BCUT2D eigenvalue weighted by Crippen LogP contribution is 2.23. The Morgan fingerprint density at radius 2 is 0.877 bits per heavy atom. The molecule has 1 heterocycles. The van der Waals surface area contributed by atoms with Gasteiger partial charge in [0.05, 0.1) is 25.4 Å². The molecule has 0 bridgehead atoms. The van der Waals surface area contributed by atoms with Gasteiger partial charge >= 0.3 is 0 Å². The summed E-state index contributed by atoms with van der Waals surface area (Å²) in [5, 5.41) is 54.3. The van der Waals surface area contributed by atoms with Crippen molar-refractivity contribution in [2.75, 3.05) is 13.2 Å². The van der Waals surface area contributed by atoms with Gasteiger partial charge in [0.1, 0.15) is 24.4 Å². The van der Waals surface area contributed by atoms with Crippen molar-refractivity contribution in [3.8, 4) is 0 Å². The average molecular weight is 922 g/mol. The van der Waals surface area contributed by atoms with Gasteiger partial charge in [0.25, 0.3) is 0 Å². The van der Waals surface area contributed by atoms with Gasteiger partial charge in [-0.3, -0.25) is 4.79 Å². The van der Waals surface area contributed by atoms with Gasteiger partial charge < -0.3 is 40.3 Å². The van der Waals surface area contributed by atoms with Gasteiger partial charge in [0, 0.05) is 6.42 Å². The van der Waals surface area contributed by atoms with Crippen LogP contribution in [0.3, 0.4) is 0 Å². The Balaban J connectivity index is 2.17. The number of nitrogens with one attached hydrogen (secondary N) is 1. The molecule has 6 N–H and O–H groups in total. The zero-order valence-electron chi connectivity index (χ0n) is 42.5. The maximum atomic E-state index is 13.0. The van der Waals surface area contributed by atoms with Gasteiger partial charge in [-0.05, 0) is 32.1 Å². The summed E-state index contributed by atoms with van der Waals surface area (Å²) >= 11 is 0. The summed E-state index contributed by atoms with van der Waals surface area (Å²) in [4.78, 5) is 13.0. The van der Waals surface area contributed by atoms with Crippen LogP contribution >= 0.6 is 0 Å². The van der Waals surface area contributed by atoms with Crippen LogP contribution in [0.2, 0.25) is 0 Å². The van der Waals surface area contributed by atoms with Gasteiger partial charge in [-0.2, -0.15) is 0 Å². The van der Waals surface area contributed by atoms with E-state index in [1.54, 1.807) is 6.08 Å². The first-order valence-corrected chi connectivity index (χ1v) is 28.1. The fourth-order valence-electron chi connectivity index (χ4n) is 9.06. The molecule has 0 aromatic carbocycles. The highest BCUT2D eigenvalue weighted by molar-refractivity contribution is 5.76. The molecule has 0 aliphatic carbocycles. The Morgan fingerprint density at radius 3 is 1.29 bits per heavy atom. The van der Waals surface area contributed by atoms with Crippen molar-refractivity contribution in [1.29, 1.82) is 0 Å². The number of allylic oxidation sites excluding steroid dienone is 3. The van der Waals surface area contributed by atoms with Crippen LogP contribution in [0, 0.1) is 0 Å². The van der Waals surface area contributed by atoms with Crippen LogP contribution in [0.4, 0.5) is 0 Å². The fourth-order valence-corrected chi connectivity index (χ4v) is 9.06. The quantitative estimate of drug-likeness (QED) is 0.0261. The zero-order chi connectivity index (χ0) is 47.3. The van der Waals surface area contributed by atoms with E-state index in [0.29, 0.717) is 6.42 Å². The molecule has 7 unspecified atom stereocenters. The number of carbonyl (C=O) groups is 1. The molecule has 0 aromatic heterocycles. The summed E-state index contributed by atoms with van der Waals surface area (Å²) in [5.74, 6) is -0.182. The Labute approximate surface area is 400 Å². The number of hydrogen-bond acceptors (Lipinski definition) is 8. The molecule has 0 saturated carbocycles. The Bertz CT molecular complexity index is 1070. The largest absolute Gasteiger partial charge is 0.394 e. The summed E-state index contributed by atoms with van der Waals surface area (Å²) in [7, 11) is 0. The molecule has 1 aliphatic heterocycles. The number of hydrogen-bond donors (Lipinski definition) is 6. The van der Waals surface area contributed by atoms with Crippen LogP contribution in [-0.2, 0) is 14.3 Å². The molecule has 1 rings (SSSR count). The van der Waals surface area contributed by atoms with Crippen molar-refractivity contribution in [1.82, 2.24) is 5.32 Å². The summed E-state index contributed by atoms with van der Waals surface area (Å²) < 4.78 is 11.2. The Kier molecular flexibility index (Phi) is 44.0. The predicted octanol–water partition coefficient (Wildman–Crippen LogP) is 13.4. The molecule has 0 aromatic rings. The van der Waals surface area contributed by atoms with Crippen molar-refractivity contribution < 1.29 is 39.8 Å². The third-order valence-electron chi connectivity index (χ3n) is 13.5. The van der Waals surface area contributed by atoms with Crippen molar-refractivity contribution in [3.63, 3.8) is 0 Å². The normalized spacial score (nSPS) is 20.0. The highest BCUT2D eigenvalue weighted by Gasteiger charge is 2.44. The standard InChI is InChI=1S/C56H107NO8/c1-3-5-7-9-11-13-15-17-19-20-21-22-23-24-25-26-27-28-29-30-31-32-34-36-38-40-42-44-46-52(60)57-49(48-64-56-55(63)54(62)53(61)51(47-58)65-56)50(59)45-43-41-39-37-35-33-18-16-14-12-10-8-6-4-2/h35,37,43,45,49-51,53-56,58-59,61-63H,3-34,36,38-42,44,46-48H2,1-2H3,(H,57,60)/b37-35+,45-43+. The van der Waals surface area contributed by atoms with Crippen molar-refractivity contribution in [2.24, 2.45) is 0 Å². The maximum absolute atomic E-state index is 13.0. The summed E-state index contributed by atoms with van der Waals surface area (Å²) in [5.41, 5.74) is 0. The molecular formula is C56H107NO8. The Morgan fingerprint density at radius 1 is 0.508 bits per heavy atom. The van der Waals surface area contributed by atoms with Crippen molar-refractivity contribution >= 4 is 5.91 Å². The highest BCUT2D eigenvalue weighted by atomic mass is 16.7. The van der Waals surface area contributed by atoms with Crippen molar-refractivity contribution in [2.45, 2.75) is 314 Å². The maximum Gasteiger partial charge on any atom is 0.220 e. The molecule has 65 heavy (non-hydrogen) atoms. The first kappa shape index (κ1) is 61.7. The van der Waals surface area contributed by atoms with E-state index < -0.39 is 49.5 Å². The van der Waals surface area contributed by atoms with Gasteiger partial charge in [0.2, 0.25) is 5.91 Å². The predicted molar refractivity (Wildman–Crippen MR) is 272 cm³/mol. The number of ether oxygens (including phenoxy) is 2. The molecule has 1 fully saturated rings. The molecule has 0 spiro atoms. The number of rotatable bonds is 48. The summed E-state index contributed by atoms with van der Waals surface area (Å²) in [6.45, 7) is 3.78. The van der Waals surface area contributed by atoms with Gasteiger partial charge in [-0.1, -0.05) is 256 Å². The molecule has 1 saturated heterocycles. The molecule has 9 heteroatoms. The van der Waals surface area contributed by atoms with E-state index in [1.807, 2.05) is 6.08 Å². The second-order valence-corrected chi connectivity index (χ2v) is 19.7. The average Bonchev–Trinajstić information content (AvgIpc) is 3.31. The summed E-state index contributed by atoms with van der Waals surface area (Å²) in [6.07, 6.45) is 51.1. The fraction of sp³-hybridized carbons (Fsp3) is 0.911. The molecule has 1 aliphatic rings. The number of unbranched alkanes of at least 4 members (excludes halogenated alkanes) is 36. The van der Waals surface area contributed by atoms with Crippen LogP contribution in [-0.4, -0.2) is 87.5 Å². The minimum Gasteiger partial charge on any atom is -0.394 e. The first-order valence-electron chi connectivity index (χ1n) is 28.1. The van der Waals surface area contributed by atoms with Crippen LogP contribution in [0.1, 0.15) is 271 Å². The number of aliphatic hydroxyl groups excluding tert-OH is 5. The van der Waals surface area contributed by atoms with Crippen molar-refractivity contribution in [3.05, 3.63) is 24.3 Å². The molecule has 0 radical (unpaired) electrons. The van der Waals surface area contributed by atoms with Gasteiger partial charge in [-0.25, -0.2) is 0 Å². The molecular weight excluding hydrogens is 815 g/mol. The molecule has 1 amide bonds. The van der Waals surface area contributed by atoms with E-state index in [1.165, 1.54) is 212 Å². The lowest BCUT2D eigenvalue weighted by Gasteiger charge is -2.40. The van der Waals surface area contributed by atoms with Gasteiger partial charge in [0.15, 0.2) is 6.29 Å². The van der Waals surface area contributed by atoms with E-state index in [-0.39, 0.29) is 12.5 Å². The first-order chi connectivity index (χ1) is 31.8. The van der Waals surface area contributed by atoms with Crippen LogP contribution in [0.15, 0.2) is 24.3 Å². The number of amides is 1. The second kappa shape index (κ2) is 46.4. The van der Waals surface area contributed by atoms with Crippen LogP contribution < -0.4 is 5.32 Å². The molecule has 384 valence electrons. The van der Waals surface area contributed by atoms with Crippen LogP contribution in [0.5, 0.6) is 0 Å². The third kappa shape index (κ3) is 36.3.